The molecular formula is C17H28N2O3. The van der Waals surface area contributed by atoms with Crippen LogP contribution in [0.1, 0.15) is 19.4 Å². The predicted molar refractivity (Wildman–Crippen MR) is 87.5 cm³/mol. The SMILES string of the molecule is COc1ccc(OC)c(CN2CCN(C[C@H](C)O)C[C@H]2C)c1. The molecule has 5 nitrogen and oxygen atoms in total. The van der Waals surface area contributed by atoms with Crippen LogP contribution in [0.15, 0.2) is 18.2 Å². The van der Waals surface area contributed by atoms with Crippen LogP contribution in [0.5, 0.6) is 11.5 Å². The molecule has 1 fully saturated rings. The van der Waals surface area contributed by atoms with Gasteiger partial charge in [-0.3, -0.25) is 9.80 Å². The number of hydrogen-bond donors (Lipinski definition) is 1. The minimum atomic E-state index is -0.266. The molecule has 1 saturated heterocycles. The van der Waals surface area contributed by atoms with Crippen molar-refractivity contribution in [2.24, 2.45) is 0 Å². The Balaban J connectivity index is 2.02. The van der Waals surface area contributed by atoms with Crippen molar-refractivity contribution in [2.45, 2.75) is 32.5 Å². The topological polar surface area (TPSA) is 45.2 Å². The lowest BCUT2D eigenvalue weighted by Gasteiger charge is -2.40. The van der Waals surface area contributed by atoms with Crippen molar-refractivity contribution in [3.05, 3.63) is 23.8 Å². The van der Waals surface area contributed by atoms with Crippen molar-refractivity contribution in [3.63, 3.8) is 0 Å². The zero-order valence-corrected chi connectivity index (χ0v) is 14.1. The van der Waals surface area contributed by atoms with E-state index in [-0.39, 0.29) is 6.10 Å². The Labute approximate surface area is 133 Å². The highest BCUT2D eigenvalue weighted by molar-refractivity contribution is 5.40. The second-order valence-electron chi connectivity index (χ2n) is 6.11. The molecule has 2 atom stereocenters. The molecule has 0 unspecified atom stereocenters. The van der Waals surface area contributed by atoms with Crippen molar-refractivity contribution in [1.29, 1.82) is 0 Å². The normalized spacial score (nSPS) is 21.6. The Morgan fingerprint density at radius 3 is 2.64 bits per heavy atom. The first-order valence-electron chi connectivity index (χ1n) is 7.89. The van der Waals surface area contributed by atoms with E-state index in [1.165, 1.54) is 0 Å². The molecular weight excluding hydrogens is 280 g/mol. The number of rotatable bonds is 6. The van der Waals surface area contributed by atoms with Crippen molar-refractivity contribution in [1.82, 2.24) is 9.80 Å². The summed E-state index contributed by atoms with van der Waals surface area (Å²) in [4.78, 5) is 4.78. The van der Waals surface area contributed by atoms with Gasteiger partial charge in [0.15, 0.2) is 0 Å². The third-order valence-corrected chi connectivity index (χ3v) is 4.23. The average molecular weight is 308 g/mol. The van der Waals surface area contributed by atoms with Crippen LogP contribution in [0.25, 0.3) is 0 Å². The summed E-state index contributed by atoms with van der Waals surface area (Å²) < 4.78 is 10.8. The fourth-order valence-electron chi connectivity index (χ4n) is 3.07. The number of piperazine rings is 1. The quantitative estimate of drug-likeness (QED) is 0.865. The molecule has 5 heteroatoms. The van der Waals surface area contributed by atoms with Crippen LogP contribution < -0.4 is 9.47 Å². The summed E-state index contributed by atoms with van der Waals surface area (Å²) in [5.74, 6) is 1.76. The second kappa shape index (κ2) is 7.81. The summed E-state index contributed by atoms with van der Waals surface area (Å²) in [6, 6.07) is 6.38. The molecule has 0 aromatic heterocycles. The molecule has 0 radical (unpaired) electrons. The molecule has 0 amide bonds. The highest BCUT2D eigenvalue weighted by Crippen LogP contribution is 2.26. The maximum atomic E-state index is 9.53. The van der Waals surface area contributed by atoms with Gasteiger partial charge in [0, 0.05) is 44.3 Å². The largest absolute Gasteiger partial charge is 0.497 e. The van der Waals surface area contributed by atoms with E-state index in [4.69, 9.17) is 9.47 Å². The summed E-state index contributed by atoms with van der Waals surface area (Å²) in [7, 11) is 3.39. The molecule has 1 aliphatic rings. The fourth-order valence-corrected chi connectivity index (χ4v) is 3.07. The van der Waals surface area contributed by atoms with E-state index in [0.717, 1.165) is 49.8 Å². The predicted octanol–water partition coefficient (Wildman–Crippen LogP) is 1.59. The number of hydrogen-bond acceptors (Lipinski definition) is 5. The zero-order chi connectivity index (χ0) is 16.1. The summed E-state index contributed by atoms with van der Waals surface area (Å²) in [6.45, 7) is 8.65. The molecule has 1 aromatic carbocycles. The Kier molecular flexibility index (Phi) is 6.06. The molecule has 1 aromatic rings. The van der Waals surface area contributed by atoms with E-state index in [2.05, 4.69) is 16.7 Å². The van der Waals surface area contributed by atoms with Crippen molar-refractivity contribution < 1.29 is 14.6 Å². The van der Waals surface area contributed by atoms with Gasteiger partial charge in [-0.05, 0) is 32.0 Å². The number of ether oxygens (including phenoxy) is 2. The summed E-state index contributed by atoms with van der Waals surface area (Å²) in [5, 5.41) is 9.53. The Hall–Kier alpha value is -1.30. The van der Waals surface area contributed by atoms with Crippen LogP contribution in [0, 0.1) is 0 Å². The minimum absolute atomic E-state index is 0.266. The van der Waals surface area contributed by atoms with Crippen LogP contribution in [0.2, 0.25) is 0 Å². The highest BCUT2D eigenvalue weighted by Gasteiger charge is 2.25. The third-order valence-electron chi connectivity index (χ3n) is 4.23. The van der Waals surface area contributed by atoms with Gasteiger partial charge in [-0.1, -0.05) is 0 Å². The lowest BCUT2D eigenvalue weighted by Crippen LogP contribution is -2.52. The van der Waals surface area contributed by atoms with Gasteiger partial charge in [0.25, 0.3) is 0 Å². The summed E-state index contributed by atoms with van der Waals surface area (Å²) in [6.07, 6.45) is -0.266. The van der Waals surface area contributed by atoms with Crippen LogP contribution >= 0.6 is 0 Å². The third kappa shape index (κ3) is 4.35. The van der Waals surface area contributed by atoms with Crippen LogP contribution in [0.4, 0.5) is 0 Å². The Morgan fingerprint density at radius 2 is 2.05 bits per heavy atom. The molecule has 0 spiro atoms. The van der Waals surface area contributed by atoms with Crippen LogP contribution in [0.3, 0.4) is 0 Å². The highest BCUT2D eigenvalue weighted by atomic mass is 16.5. The van der Waals surface area contributed by atoms with E-state index in [0.29, 0.717) is 6.04 Å². The zero-order valence-electron chi connectivity index (χ0n) is 14.1. The van der Waals surface area contributed by atoms with Gasteiger partial charge in [0.1, 0.15) is 11.5 Å². The molecule has 0 bridgehead atoms. The molecule has 0 saturated carbocycles. The van der Waals surface area contributed by atoms with Crippen LogP contribution in [-0.4, -0.2) is 67.5 Å². The first-order valence-corrected chi connectivity index (χ1v) is 7.89. The van der Waals surface area contributed by atoms with Crippen LogP contribution in [-0.2, 0) is 6.54 Å². The van der Waals surface area contributed by atoms with E-state index in [1.807, 2.05) is 25.1 Å². The van der Waals surface area contributed by atoms with E-state index in [1.54, 1.807) is 14.2 Å². The van der Waals surface area contributed by atoms with Gasteiger partial charge >= 0.3 is 0 Å². The maximum Gasteiger partial charge on any atom is 0.123 e. The second-order valence-corrected chi connectivity index (χ2v) is 6.11. The smallest absolute Gasteiger partial charge is 0.123 e. The van der Waals surface area contributed by atoms with Crippen molar-refractivity contribution in [2.75, 3.05) is 40.4 Å². The maximum absolute atomic E-state index is 9.53. The molecule has 1 N–H and O–H groups in total. The number of aliphatic hydroxyl groups is 1. The number of methoxy groups -OCH3 is 2. The lowest BCUT2D eigenvalue weighted by atomic mass is 10.1. The van der Waals surface area contributed by atoms with Gasteiger partial charge in [0.05, 0.1) is 20.3 Å². The van der Waals surface area contributed by atoms with Gasteiger partial charge < -0.3 is 14.6 Å². The molecule has 2 rings (SSSR count). The molecule has 1 heterocycles. The molecule has 22 heavy (non-hydrogen) atoms. The monoisotopic (exact) mass is 308 g/mol. The summed E-state index contributed by atoms with van der Waals surface area (Å²) >= 11 is 0. The first kappa shape index (κ1) is 17.1. The number of aliphatic hydroxyl groups excluding tert-OH is 1. The van der Waals surface area contributed by atoms with Crippen molar-refractivity contribution in [3.8, 4) is 11.5 Å². The number of β-amino-alcohol motifs (C(OH)–C–C–N with tert-alkyl or cyclic N) is 1. The van der Waals surface area contributed by atoms with Gasteiger partial charge in [-0.2, -0.15) is 0 Å². The van der Waals surface area contributed by atoms with E-state index >= 15 is 0 Å². The average Bonchev–Trinajstić information content (AvgIpc) is 2.49. The number of nitrogens with zero attached hydrogens (tertiary/aromatic N) is 2. The Morgan fingerprint density at radius 1 is 1.27 bits per heavy atom. The first-order chi connectivity index (χ1) is 10.5. The lowest BCUT2D eigenvalue weighted by molar-refractivity contribution is 0.0468. The van der Waals surface area contributed by atoms with Gasteiger partial charge in [0.2, 0.25) is 0 Å². The standard InChI is InChI=1S/C17H28N2O3/c1-13-10-18(11-14(2)20)7-8-19(13)12-15-9-16(21-3)5-6-17(15)22-4/h5-6,9,13-14,20H,7-8,10-12H2,1-4H3/t13-,14+/m1/s1. The van der Waals surface area contributed by atoms with E-state index < -0.39 is 0 Å². The molecule has 0 aliphatic carbocycles. The van der Waals surface area contributed by atoms with Crippen molar-refractivity contribution >= 4 is 0 Å². The minimum Gasteiger partial charge on any atom is -0.497 e. The van der Waals surface area contributed by atoms with E-state index in [9.17, 15) is 5.11 Å². The molecule has 1 aliphatic heterocycles. The number of benzene rings is 1. The van der Waals surface area contributed by atoms with Gasteiger partial charge in [-0.15, -0.1) is 0 Å². The Bertz CT molecular complexity index is 479. The summed E-state index contributed by atoms with van der Waals surface area (Å²) in [5.41, 5.74) is 1.15. The fraction of sp³-hybridized carbons (Fsp3) is 0.647. The molecule has 124 valence electrons. The van der Waals surface area contributed by atoms with Gasteiger partial charge in [-0.25, -0.2) is 0 Å².